The maximum absolute atomic E-state index is 2.24. The van der Waals surface area contributed by atoms with Gasteiger partial charge in [0.25, 0.3) is 0 Å². The number of rotatable bonds is 7. The summed E-state index contributed by atoms with van der Waals surface area (Å²) in [6.07, 6.45) is 0. The number of hydrogen-bond donors (Lipinski definition) is 0. The summed E-state index contributed by atoms with van der Waals surface area (Å²) in [7, 11) is 3.70. The Labute approximate surface area is 232 Å². The summed E-state index contributed by atoms with van der Waals surface area (Å²) < 4.78 is 0. The quantitative estimate of drug-likeness (QED) is 0.191. The van der Waals surface area contributed by atoms with Gasteiger partial charge in [-0.2, -0.15) is 0 Å². The molecule has 0 spiro atoms. The summed E-state index contributed by atoms with van der Waals surface area (Å²) in [5, 5.41) is 0. The van der Waals surface area contributed by atoms with Crippen LogP contribution in [0.3, 0.4) is 0 Å². The monoisotopic (exact) mass is 522 g/mol. The second-order valence-electron chi connectivity index (χ2n) is 9.00. The third-order valence-electron chi connectivity index (χ3n) is 6.58. The third kappa shape index (κ3) is 5.19. The molecule has 0 amide bonds. The summed E-state index contributed by atoms with van der Waals surface area (Å²) in [5.41, 5.74) is 9.93. The molecule has 0 unspecified atom stereocenters. The second-order valence-corrected chi connectivity index (χ2v) is 11.1. The fourth-order valence-corrected chi connectivity index (χ4v) is 7.56. The van der Waals surface area contributed by atoms with Gasteiger partial charge < -0.3 is 0 Å². The second kappa shape index (κ2) is 11.6. The maximum atomic E-state index is 2.24. The third-order valence-corrected chi connectivity index (χ3v) is 9.12. The van der Waals surface area contributed by atoms with Crippen molar-refractivity contribution in [2.75, 3.05) is 0 Å². The summed E-state index contributed by atoms with van der Waals surface area (Å²) in [5.74, 6) is 0. The average molecular weight is 523 g/mol. The van der Waals surface area contributed by atoms with E-state index in [1.807, 2.05) is 21.6 Å². The predicted molar refractivity (Wildman–Crippen MR) is 166 cm³/mol. The van der Waals surface area contributed by atoms with Crippen LogP contribution in [0.2, 0.25) is 0 Å². The van der Waals surface area contributed by atoms with Crippen molar-refractivity contribution in [3.05, 3.63) is 158 Å². The predicted octanol–water partition coefficient (Wildman–Crippen LogP) is 11.2. The molecule has 182 valence electrons. The molecule has 6 rings (SSSR count). The van der Waals surface area contributed by atoms with Gasteiger partial charge in [0.2, 0.25) is 0 Å². The van der Waals surface area contributed by atoms with Crippen LogP contribution in [0.5, 0.6) is 0 Å². The van der Waals surface area contributed by atoms with Crippen LogP contribution in [0.4, 0.5) is 0 Å². The van der Waals surface area contributed by atoms with Crippen LogP contribution in [0, 0.1) is 0 Å². The van der Waals surface area contributed by atoms with Crippen molar-refractivity contribution >= 4 is 21.6 Å². The Balaban J connectivity index is 1.50. The Kier molecular flexibility index (Phi) is 7.44. The van der Waals surface area contributed by atoms with Crippen molar-refractivity contribution in [1.82, 2.24) is 0 Å². The smallest absolute Gasteiger partial charge is 0.0343 e. The zero-order chi connectivity index (χ0) is 25.6. The zero-order valence-electron chi connectivity index (χ0n) is 20.8. The van der Waals surface area contributed by atoms with Gasteiger partial charge in [-0.25, -0.2) is 0 Å². The molecule has 0 fully saturated rings. The molecule has 2 heteroatoms. The molecule has 38 heavy (non-hydrogen) atoms. The van der Waals surface area contributed by atoms with E-state index in [0.29, 0.717) is 0 Å². The minimum absolute atomic E-state index is 1.23. The minimum atomic E-state index is 1.23. The Morgan fingerprint density at radius 2 is 0.474 bits per heavy atom. The Morgan fingerprint density at radius 3 is 0.711 bits per heavy atom. The zero-order valence-corrected chi connectivity index (χ0v) is 22.5. The van der Waals surface area contributed by atoms with Crippen molar-refractivity contribution in [3.8, 4) is 44.5 Å². The molecule has 0 saturated heterocycles. The van der Waals surface area contributed by atoms with Crippen molar-refractivity contribution in [2.45, 2.75) is 9.79 Å². The van der Waals surface area contributed by atoms with Crippen LogP contribution in [-0.4, -0.2) is 0 Å². The van der Waals surface area contributed by atoms with Gasteiger partial charge in [-0.3, -0.25) is 0 Å². The maximum Gasteiger partial charge on any atom is 0.0343 e. The van der Waals surface area contributed by atoms with E-state index in [-0.39, 0.29) is 0 Å². The SMILES string of the molecule is c1ccc(-c2cccc(-c3ccccc3)c2SSc2c(-c3ccccc3)cccc2-c2ccccc2)cc1. The average Bonchev–Trinajstić information content (AvgIpc) is 3.01. The first-order chi connectivity index (χ1) is 18.9. The molecule has 6 aromatic carbocycles. The molecule has 0 saturated carbocycles. The summed E-state index contributed by atoms with van der Waals surface area (Å²) in [6.45, 7) is 0. The van der Waals surface area contributed by atoms with E-state index in [9.17, 15) is 0 Å². The van der Waals surface area contributed by atoms with Gasteiger partial charge in [-0.05, 0) is 44.5 Å². The molecule has 0 atom stereocenters. The molecule has 0 N–H and O–H groups in total. The molecule has 0 aliphatic carbocycles. The first-order valence-electron chi connectivity index (χ1n) is 12.7. The number of benzene rings is 6. The van der Waals surface area contributed by atoms with Gasteiger partial charge in [-0.1, -0.05) is 179 Å². The Hall–Kier alpha value is -3.98. The van der Waals surface area contributed by atoms with E-state index in [1.165, 1.54) is 54.3 Å². The summed E-state index contributed by atoms with van der Waals surface area (Å²) in [6, 6.07) is 56.2. The molecule has 0 aliphatic heterocycles. The van der Waals surface area contributed by atoms with E-state index in [4.69, 9.17) is 0 Å². The highest BCUT2D eigenvalue weighted by molar-refractivity contribution is 8.76. The largest absolute Gasteiger partial charge is 0.0622 e. The van der Waals surface area contributed by atoms with Crippen LogP contribution in [-0.2, 0) is 0 Å². The summed E-state index contributed by atoms with van der Waals surface area (Å²) >= 11 is 0. The Bertz CT molecular complexity index is 1390. The topological polar surface area (TPSA) is 0 Å². The van der Waals surface area contributed by atoms with Crippen LogP contribution in [0.15, 0.2) is 168 Å². The first-order valence-corrected chi connectivity index (χ1v) is 14.9. The van der Waals surface area contributed by atoms with E-state index >= 15 is 0 Å². The molecular weight excluding hydrogens is 497 g/mol. The highest BCUT2D eigenvalue weighted by Gasteiger charge is 2.17. The lowest BCUT2D eigenvalue weighted by Crippen LogP contribution is -1.89. The van der Waals surface area contributed by atoms with Crippen molar-refractivity contribution < 1.29 is 0 Å². The lowest BCUT2D eigenvalue weighted by Gasteiger charge is -2.18. The fraction of sp³-hybridized carbons (Fsp3) is 0. The molecular formula is C36H26S2. The lowest BCUT2D eigenvalue weighted by molar-refractivity contribution is 1.43. The highest BCUT2D eigenvalue weighted by atomic mass is 33.1. The van der Waals surface area contributed by atoms with Crippen LogP contribution < -0.4 is 0 Å². The molecule has 0 nitrogen and oxygen atoms in total. The van der Waals surface area contributed by atoms with Crippen LogP contribution >= 0.6 is 21.6 Å². The Morgan fingerprint density at radius 1 is 0.237 bits per heavy atom. The highest BCUT2D eigenvalue weighted by Crippen LogP contribution is 2.51. The van der Waals surface area contributed by atoms with Gasteiger partial charge in [0.05, 0.1) is 0 Å². The molecule has 0 radical (unpaired) electrons. The molecule has 0 aromatic heterocycles. The van der Waals surface area contributed by atoms with Crippen molar-refractivity contribution in [3.63, 3.8) is 0 Å². The molecule has 0 bridgehead atoms. The standard InChI is InChI=1S/C36H26S2/c1-5-15-27(16-6-1)31-23-13-24-32(28-17-7-2-8-18-28)35(31)37-38-36-33(29-19-9-3-10-20-29)25-14-26-34(36)30-21-11-4-12-22-30/h1-26H. The van der Waals surface area contributed by atoms with Gasteiger partial charge >= 0.3 is 0 Å². The van der Waals surface area contributed by atoms with Gasteiger partial charge in [0.15, 0.2) is 0 Å². The summed E-state index contributed by atoms with van der Waals surface area (Å²) in [4.78, 5) is 2.55. The normalized spacial score (nSPS) is 10.8. The fourth-order valence-electron chi connectivity index (χ4n) is 4.72. The van der Waals surface area contributed by atoms with Crippen LogP contribution in [0.1, 0.15) is 0 Å². The van der Waals surface area contributed by atoms with E-state index < -0.39 is 0 Å². The van der Waals surface area contributed by atoms with Crippen LogP contribution in [0.25, 0.3) is 44.5 Å². The van der Waals surface area contributed by atoms with E-state index in [2.05, 4.69) is 158 Å². The van der Waals surface area contributed by atoms with Crippen molar-refractivity contribution in [1.29, 1.82) is 0 Å². The van der Waals surface area contributed by atoms with Crippen molar-refractivity contribution in [2.24, 2.45) is 0 Å². The molecule has 6 aromatic rings. The molecule has 0 aliphatic rings. The van der Waals surface area contributed by atoms with Gasteiger partial charge in [0, 0.05) is 9.79 Å². The van der Waals surface area contributed by atoms with Gasteiger partial charge in [-0.15, -0.1) is 0 Å². The van der Waals surface area contributed by atoms with Gasteiger partial charge in [0.1, 0.15) is 0 Å². The number of hydrogen-bond acceptors (Lipinski definition) is 2. The first kappa shape index (κ1) is 24.4. The lowest BCUT2D eigenvalue weighted by atomic mass is 9.99. The minimum Gasteiger partial charge on any atom is -0.0622 e. The molecule has 0 heterocycles. The van der Waals surface area contributed by atoms with E-state index in [1.54, 1.807) is 0 Å². The van der Waals surface area contributed by atoms with E-state index in [0.717, 1.165) is 0 Å².